The lowest BCUT2D eigenvalue weighted by Gasteiger charge is -2.27. The molecule has 0 aromatic carbocycles. The van der Waals surface area contributed by atoms with E-state index < -0.39 is 0 Å². The molecule has 2 bridgehead atoms. The molecule has 3 aliphatic rings. The lowest BCUT2D eigenvalue weighted by molar-refractivity contribution is -0.137. The lowest BCUT2D eigenvalue weighted by Crippen LogP contribution is -2.40. The molecule has 19 heavy (non-hydrogen) atoms. The second-order valence-corrected chi connectivity index (χ2v) is 6.63. The van der Waals surface area contributed by atoms with E-state index in [0.717, 1.165) is 31.8 Å². The van der Waals surface area contributed by atoms with Crippen molar-refractivity contribution < 1.29 is 9.53 Å². The Hall–Kier alpha value is -0.570. The van der Waals surface area contributed by atoms with Gasteiger partial charge < -0.3 is 9.64 Å². The predicted molar refractivity (Wildman–Crippen MR) is 74.8 cm³/mol. The molecule has 0 N–H and O–H groups in total. The van der Waals surface area contributed by atoms with E-state index >= 15 is 0 Å². The van der Waals surface area contributed by atoms with Gasteiger partial charge >= 0.3 is 0 Å². The van der Waals surface area contributed by atoms with Crippen LogP contribution in [0.25, 0.3) is 0 Å². The monoisotopic (exact) mass is 265 g/mol. The summed E-state index contributed by atoms with van der Waals surface area (Å²) >= 11 is 0. The van der Waals surface area contributed by atoms with Crippen LogP contribution in [0.3, 0.4) is 0 Å². The summed E-state index contributed by atoms with van der Waals surface area (Å²) in [6.07, 6.45) is 10.2. The molecule has 0 aromatic rings. The average molecular weight is 265 g/mol. The smallest absolute Gasteiger partial charge is 0.228 e. The maximum Gasteiger partial charge on any atom is 0.228 e. The number of carbonyl (C=O) groups excluding carboxylic acids is 1. The summed E-state index contributed by atoms with van der Waals surface area (Å²) < 4.78 is 5.84. The molecule has 4 atom stereocenters. The molecule has 3 heterocycles. The van der Waals surface area contributed by atoms with E-state index in [2.05, 4.69) is 11.8 Å². The van der Waals surface area contributed by atoms with Crippen molar-refractivity contribution in [1.29, 1.82) is 0 Å². The number of amides is 1. The number of carbonyl (C=O) groups is 1. The number of ether oxygens (including phenoxy) is 1. The van der Waals surface area contributed by atoms with Crippen molar-refractivity contribution in [2.75, 3.05) is 13.1 Å². The van der Waals surface area contributed by atoms with Crippen LogP contribution in [-0.4, -0.2) is 36.1 Å². The molecule has 0 unspecified atom stereocenters. The first-order valence-corrected chi connectivity index (χ1v) is 8.22. The Morgan fingerprint density at radius 2 is 2.11 bits per heavy atom. The summed E-state index contributed by atoms with van der Waals surface area (Å²) in [7, 11) is 0. The molecular weight excluding hydrogens is 238 g/mol. The van der Waals surface area contributed by atoms with Gasteiger partial charge in [-0.15, -0.1) is 0 Å². The number of hydrogen-bond acceptors (Lipinski definition) is 2. The summed E-state index contributed by atoms with van der Waals surface area (Å²) in [5.74, 6) is 1.42. The third-order valence-corrected chi connectivity index (χ3v) is 5.28. The zero-order valence-electron chi connectivity index (χ0n) is 12.1. The van der Waals surface area contributed by atoms with E-state index in [1.165, 1.54) is 38.5 Å². The van der Waals surface area contributed by atoms with Gasteiger partial charge in [0.2, 0.25) is 5.91 Å². The van der Waals surface area contributed by atoms with Crippen LogP contribution in [0, 0.1) is 11.8 Å². The van der Waals surface area contributed by atoms with Gasteiger partial charge in [0.15, 0.2) is 0 Å². The molecule has 0 aromatic heterocycles. The quantitative estimate of drug-likeness (QED) is 0.785. The van der Waals surface area contributed by atoms with Gasteiger partial charge in [-0.05, 0) is 44.4 Å². The Kier molecular flexibility index (Phi) is 4.11. The van der Waals surface area contributed by atoms with Gasteiger partial charge in [-0.25, -0.2) is 0 Å². The first-order valence-electron chi connectivity index (χ1n) is 8.22. The molecule has 0 spiro atoms. The Morgan fingerprint density at radius 3 is 2.79 bits per heavy atom. The van der Waals surface area contributed by atoms with Crippen LogP contribution in [0.1, 0.15) is 58.3 Å². The van der Waals surface area contributed by atoms with Crippen molar-refractivity contribution in [3.05, 3.63) is 0 Å². The van der Waals surface area contributed by atoms with E-state index in [1.54, 1.807) is 0 Å². The molecule has 0 radical (unpaired) electrons. The molecule has 3 saturated heterocycles. The van der Waals surface area contributed by atoms with Crippen LogP contribution in [0.4, 0.5) is 0 Å². The lowest BCUT2D eigenvalue weighted by atomic mass is 9.88. The Balaban J connectivity index is 1.55. The van der Waals surface area contributed by atoms with E-state index in [9.17, 15) is 4.79 Å². The van der Waals surface area contributed by atoms with Crippen molar-refractivity contribution in [2.24, 2.45) is 11.8 Å². The van der Waals surface area contributed by atoms with Crippen molar-refractivity contribution in [2.45, 2.75) is 70.5 Å². The fraction of sp³-hybridized carbons (Fsp3) is 0.938. The largest absolute Gasteiger partial charge is 0.374 e. The summed E-state index contributed by atoms with van der Waals surface area (Å²) in [6, 6.07) is 0. The number of nitrogens with zero attached hydrogens (tertiary/aromatic N) is 1. The average Bonchev–Trinajstić information content (AvgIpc) is 2.97. The van der Waals surface area contributed by atoms with Gasteiger partial charge in [-0.1, -0.05) is 19.8 Å². The van der Waals surface area contributed by atoms with Crippen molar-refractivity contribution >= 4 is 5.91 Å². The Bertz CT molecular complexity index is 331. The highest BCUT2D eigenvalue weighted by atomic mass is 16.5. The van der Waals surface area contributed by atoms with E-state index in [0.29, 0.717) is 12.0 Å². The van der Waals surface area contributed by atoms with Crippen LogP contribution in [-0.2, 0) is 9.53 Å². The van der Waals surface area contributed by atoms with Crippen LogP contribution < -0.4 is 0 Å². The molecule has 0 aliphatic carbocycles. The normalized spacial score (nSPS) is 38.5. The first kappa shape index (κ1) is 13.4. The number of rotatable bonds is 3. The van der Waals surface area contributed by atoms with Crippen LogP contribution in [0.15, 0.2) is 0 Å². The highest BCUT2D eigenvalue weighted by Gasteiger charge is 2.45. The SMILES string of the molecule is CCC[C@@H]1CCCN(C(=O)[C@@H]2C[C@H]3CC[C@H]2O3)CC1. The van der Waals surface area contributed by atoms with Gasteiger partial charge in [-0.2, -0.15) is 0 Å². The third-order valence-electron chi connectivity index (χ3n) is 5.28. The number of likely N-dealkylation sites (tertiary alicyclic amines) is 1. The maximum absolute atomic E-state index is 12.7. The molecule has 3 fully saturated rings. The molecule has 3 aliphatic heterocycles. The Morgan fingerprint density at radius 1 is 1.21 bits per heavy atom. The van der Waals surface area contributed by atoms with E-state index in [-0.39, 0.29) is 12.0 Å². The second-order valence-electron chi connectivity index (χ2n) is 6.63. The minimum Gasteiger partial charge on any atom is -0.374 e. The van der Waals surface area contributed by atoms with Crippen LogP contribution in [0.2, 0.25) is 0 Å². The minimum absolute atomic E-state index is 0.182. The van der Waals surface area contributed by atoms with Crippen LogP contribution in [0.5, 0.6) is 0 Å². The van der Waals surface area contributed by atoms with Gasteiger partial charge in [0, 0.05) is 13.1 Å². The molecular formula is C16H27NO2. The third kappa shape index (κ3) is 2.81. The molecule has 108 valence electrons. The van der Waals surface area contributed by atoms with Gasteiger partial charge in [0.05, 0.1) is 18.1 Å². The van der Waals surface area contributed by atoms with Gasteiger partial charge in [0.25, 0.3) is 0 Å². The topological polar surface area (TPSA) is 29.5 Å². The zero-order chi connectivity index (χ0) is 13.2. The van der Waals surface area contributed by atoms with E-state index in [4.69, 9.17) is 4.74 Å². The number of hydrogen-bond donors (Lipinski definition) is 0. The predicted octanol–water partition coefficient (Wildman–Crippen LogP) is 2.98. The highest BCUT2D eigenvalue weighted by Crippen LogP contribution is 2.40. The summed E-state index contributed by atoms with van der Waals surface area (Å²) in [5.41, 5.74) is 0. The van der Waals surface area contributed by atoms with Crippen LogP contribution >= 0.6 is 0 Å². The summed E-state index contributed by atoms with van der Waals surface area (Å²) in [6.45, 7) is 4.23. The number of fused-ring (bicyclic) bond motifs is 2. The zero-order valence-corrected chi connectivity index (χ0v) is 12.1. The maximum atomic E-state index is 12.7. The fourth-order valence-corrected chi connectivity index (χ4v) is 4.21. The molecule has 1 amide bonds. The standard InChI is InChI=1S/C16H27NO2/c1-2-4-12-5-3-9-17(10-8-12)16(18)14-11-13-6-7-15(14)19-13/h12-15H,2-11H2,1H3/t12-,13-,14-,15-/m1/s1. The highest BCUT2D eigenvalue weighted by molar-refractivity contribution is 5.80. The molecule has 3 rings (SSSR count). The van der Waals surface area contributed by atoms with Gasteiger partial charge in [-0.3, -0.25) is 4.79 Å². The van der Waals surface area contributed by atoms with Crippen molar-refractivity contribution in [1.82, 2.24) is 4.90 Å². The fourth-order valence-electron chi connectivity index (χ4n) is 4.21. The minimum atomic E-state index is 0.182. The van der Waals surface area contributed by atoms with Gasteiger partial charge in [0.1, 0.15) is 0 Å². The van der Waals surface area contributed by atoms with Crippen molar-refractivity contribution in [3.8, 4) is 0 Å². The van der Waals surface area contributed by atoms with E-state index in [1.807, 2.05) is 0 Å². The first-order chi connectivity index (χ1) is 9.28. The molecule has 3 nitrogen and oxygen atoms in total. The summed E-state index contributed by atoms with van der Waals surface area (Å²) in [4.78, 5) is 14.8. The Labute approximate surface area is 116 Å². The molecule has 3 heteroatoms. The summed E-state index contributed by atoms with van der Waals surface area (Å²) in [5, 5.41) is 0. The second kappa shape index (κ2) is 5.82. The van der Waals surface area contributed by atoms with Crippen molar-refractivity contribution in [3.63, 3.8) is 0 Å². The molecule has 0 saturated carbocycles.